The van der Waals surface area contributed by atoms with E-state index in [9.17, 15) is 4.79 Å². The van der Waals surface area contributed by atoms with E-state index in [0.29, 0.717) is 19.5 Å². The van der Waals surface area contributed by atoms with Crippen molar-refractivity contribution >= 4 is 11.7 Å². The van der Waals surface area contributed by atoms with E-state index in [1.54, 1.807) is 6.20 Å². The first-order valence-electron chi connectivity index (χ1n) is 12.4. The molecular weight excluding hydrogens is 426 g/mol. The van der Waals surface area contributed by atoms with Crippen molar-refractivity contribution in [3.8, 4) is 0 Å². The summed E-state index contributed by atoms with van der Waals surface area (Å²) in [5, 5.41) is 3.80. The molecule has 1 amide bonds. The molecule has 3 unspecified atom stereocenters. The Balaban J connectivity index is 0.00000253. The first kappa shape index (κ1) is 21.4. The molecular formula is C28H33N3O3. The van der Waals surface area contributed by atoms with Gasteiger partial charge in [0.2, 0.25) is 6.79 Å². The fourth-order valence-electron chi connectivity index (χ4n) is 6.05. The maximum atomic E-state index is 14.5. The third kappa shape index (κ3) is 3.19. The minimum Gasteiger partial charge on any atom is -0.462 e. The van der Waals surface area contributed by atoms with E-state index in [-0.39, 0.29) is 20.0 Å². The summed E-state index contributed by atoms with van der Waals surface area (Å²) in [6, 6.07) is 14.3. The number of carbonyl (C=O) groups is 1. The standard InChI is InChI=1S/C28H31N3O3.H2/c1-2-3-7-13-31-25-24(11-8-12-29-25)28(26(31)32,30-18-20-9-5-4-6-10-20)27-16-21(27)14-22-15-23(17-27)34-19-33-22;/h4-6,8-12,14,17,21,30H,2-3,7,13,15-16,18-19H2,1H3;1H. The summed E-state index contributed by atoms with van der Waals surface area (Å²) >= 11 is 0. The van der Waals surface area contributed by atoms with Gasteiger partial charge in [0, 0.05) is 31.7 Å². The smallest absolute Gasteiger partial charge is 0.254 e. The van der Waals surface area contributed by atoms with E-state index in [0.717, 1.165) is 54.1 Å². The van der Waals surface area contributed by atoms with Crippen LogP contribution in [0.4, 0.5) is 5.82 Å². The molecule has 1 N–H and O–H groups in total. The highest BCUT2D eigenvalue weighted by atomic mass is 16.7. The van der Waals surface area contributed by atoms with Crippen LogP contribution >= 0.6 is 0 Å². The number of carbonyl (C=O) groups excluding carboxylic acids is 1. The van der Waals surface area contributed by atoms with Gasteiger partial charge in [-0.15, -0.1) is 0 Å². The van der Waals surface area contributed by atoms with Crippen molar-refractivity contribution in [3.63, 3.8) is 0 Å². The fourth-order valence-corrected chi connectivity index (χ4v) is 6.05. The zero-order valence-corrected chi connectivity index (χ0v) is 19.6. The molecule has 6 nitrogen and oxygen atoms in total. The minimum absolute atomic E-state index is 0. The Bertz CT molecular complexity index is 1170. The molecule has 3 atom stereocenters. The second-order valence-corrected chi connectivity index (χ2v) is 9.81. The number of fused-ring (bicyclic) bond motifs is 4. The van der Waals surface area contributed by atoms with E-state index in [4.69, 9.17) is 14.5 Å². The number of nitrogens with zero attached hydrogens (tertiary/aromatic N) is 2. The monoisotopic (exact) mass is 459 g/mol. The van der Waals surface area contributed by atoms with Crippen molar-refractivity contribution in [2.75, 3.05) is 18.2 Å². The summed E-state index contributed by atoms with van der Waals surface area (Å²) in [5.74, 6) is 2.96. The number of rotatable bonds is 8. The normalized spacial score (nSPS) is 28.7. The highest BCUT2D eigenvalue weighted by molar-refractivity contribution is 6.08. The molecule has 3 heterocycles. The molecule has 2 aliphatic carbocycles. The maximum Gasteiger partial charge on any atom is 0.254 e. The summed E-state index contributed by atoms with van der Waals surface area (Å²) in [7, 11) is 0. The van der Waals surface area contributed by atoms with Gasteiger partial charge in [-0.2, -0.15) is 0 Å². The first-order chi connectivity index (χ1) is 16.7. The van der Waals surface area contributed by atoms with Gasteiger partial charge in [0.05, 0.1) is 6.42 Å². The van der Waals surface area contributed by atoms with Crippen molar-refractivity contribution in [1.29, 1.82) is 0 Å². The summed E-state index contributed by atoms with van der Waals surface area (Å²) in [5.41, 5.74) is 0.799. The van der Waals surface area contributed by atoms with E-state index in [1.165, 1.54) is 0 Å². The molecule has 1 aromatic heterocycles. The summed E-state index contributed by atoms with van der Waals surface area (Å²) in [6.07, 6.45) is 10.9. The first-order valence-corrected chi connectivity index (χ1v) is 12.4. The van der Waals surface area contributed by atoms with Crippen LogP contribution in [0.2, 0.25) is 0 Å². The van der Waals surface area contributed by atoms with Crippen LogP contribution in [0, 0.1) is 11.3 Å². The predicted octanol–water partition coefficient (Wildman–Crippen LogP) is 5.03. The summed E-state index contributed by atoms with van der Waals surface area (Å²) < 4.78 is 11.6. The molecule has 6 heteroatoms. The van der Waals surface area contributed by atoms with Crippen LogP contribution in [0.15, 0.2) is 72.3 Å². The lowest BCUT2D eigenvalue weighted by Gasteiger charge is -2.37. The molecule has 1 saturated carbocycles. The van der Waals surface area contributed by atoms with Crippen LogP contribution in [-0.4, -0.2) is 24.2 Å². The zero-order chi connectivity index (χ0) is 23.2. The Morgan fingerprint density at radius 2 is 2.00 bits per heavy atom. The molecule has 1 saturated heterocycles. The third-order valence-electron chi connectivity index (χ3n) is 7.80. The number of pyridine rings is 1. The predicted molar refractivity (Wildman–Crippen MR) is 132 cm³/mol. The van der Waals surface area contributed by atoms with Crippen molar-refractivity contribution in [1.82, 2.24) is 10.3 Å². The number of allylic oxidation sites excluding steroid dienone is 1. The second-order valence-electron chi connectivity index (χ2n) is 9.81. The lowest BCUT2D eigenvalue weighted by molar-refractivity contribution is -0.127. The molecule has 0 spiro atoms. The Kier molecular flexibility index (Phi) is 5.21. The number of aromatic nitrogens is 1. The lowest BCUT2D eigenvalue weighted by Crippen LogP contribution is -2.57. The van der Waals surface area contributed by atoms with Gasteiger partial charge in [0.15, 0.2) is 0 Å². The van der Waals surface area contributed by atoms with E-state index in [1.807, 2.05) is 29.2 Å². The van der Waals surface area contributed by atoms with Crippen LogP contribution in [0.5, 0.6) is 0 Å². The highest BCUT2D eigenvalue weighted by Crippen LogP contribution is 2.69. The molecule has 1 aromatic carbocycles. The quantitative estimate of drug-likeness (QED) is 0.561. The van der Waals surface area contributed by atoms with Crippen LogP contribution in [-0.2, 0) is 26.4 Å². The zero-order valence-electron chi connectivity index (χ0n) is 19.6. The van der Waals surface area contributed by atoms with Crippen molar-refractivity contribution in [3.05, 3.63) is 83.5 Å². The second kappa shape index (κ2) is 8.27. The molecule has 0 radical (unpaired) electrons. The summed E-state index contributed by atoms with van der Waals surface area (Å²) in [6.45, 7) is 3.70. The minimum atomic E-state index is -0.909. The Morgan fingerprint density at radius 1 is 1.15 bits per heavy atom. The van der Waals surface area contributed by atoms with Gasteiger partial charge >= 0.3 is 0 Å². The van der Waals surface area contributed by atoms with E-state index < -0.39 is 11.0 Å². The Morgan fingerprint density at radius 3 is 2.85 bits per heavy atom. The Labute approximate surface area is 202 Å². The highest BCUT2D eigenvalue weighted by Gasteiger charge is 2.73. The molecule has 2 fully saturated rings. The molecule has 2 aliphatic heterocycles. The van der Waals surface area contributed by atoms with Gasteiger partial charge in [-0.3, -0.25) is 15.0 Å². The van der Waals surface area contributed by atoms with Crippen LogP contribution < -0.4 is 10.2 Å². The largest absolute Gasteiger partial charge is 0.462 e. The number of benzene rings is 1. The van der Waals surface area contributed by atoms with Crippen molar-refractivity contribution in [2.24, 2.45) is 11.3 Å². The van der Waals surface area contributed by atoms with Gasteiger partial charge in [-0.25, -0.2) is 4.98 Å². The van der Waals surface area contributed by atoms with Gasteiger partial charge < -0.3 is 9.47 Å². The fraction of sp³-hybridized carbons (Fsp3) is 0.429. The van der Waals surface area contributed by atoms with Crippen LogP contribution in [0.1, 0.15) is 51.6 Å². The average Bonchev–Trinajstić information content (AvgIpc) is 3.50. The summed E-state index contributed by atoms with van der Waals surface area (Å²) in [4.78, 5) is 21.2. The van der Waals surface area contributed by atoms with Crippen molar-refractivity contribution in [2.45, 2.75) is 51.1 Å². The van der Waals surface area contributed by atoms with E-state index >= 15 is 0 Å². The molecule has 2 aromatic rings. The average molecular weight is 460 g/mol. The lowest BCUT2D eigenvalue weighted by atomic mass is 9.74. The number of amides is 1. The third-order valence-corrected chi connectivity index (χ3v) is 7.80. The number of ether oxygens (including phenoxy) is 2. The number of unbranched alkanes of at least 4 members (excludes halogenated alkanes) is 2. The molecule has 178 valence electrons. The van der Waals surface area contributed by atoms with Gasteiger partial charge in [0.1, 0.15) is 22.9 Å². The number of anilines is 1. The molecule has 6 rings (SSSR count). The van der Waals surface area contributed by atoms with E-state index in [2.05, 4.69) is 42.6 Å². The van der Waals surface area contributed by atoms with Gasteiger partial charge in [-0.05, 0) is 42.5 Å². The van der Waals surface area contributed by atoms with Crippen LogP contribution in [0.3, 0.4) is 0 Å². The molecule has 4 aliphatic rings. The number of hydrogen-bond donors (Lipinski definition) is 1. The van der Waals surface area contributed by atoms with Gasteiger partial charge in [-0.1, -0.05) is 56.2 Å². The number of nitrogens with one attached hydrogen (secondary N) is 1. The maximum absolute atomic E-state index is 14.5. The SMILES string of the molecule is CCCCCN1C(=O)C(NCc2ccccc2)(C23C=C4CC(=CC2C3)OCO4)c2cccnc21.[HH]. The molecule has 2 bridgehead atoms. The topological polar surface area (TPSA) is 63.7 Å². The van der Waals surface area contributed by atoms with Crippen LogP contribution in [0.25, 0.3) is 0 Å². The molecule has 34 heavy (non-hydrogen) atoms. The van der Waals surface area contributed by atoms with Crippen molar-refractivity contribution < 1.29 is 15.7 Å². The number of hydrogen-bond acceptors (Lipinski definition) is 5. The Hall–Kier alpha value is -3.12. The van der Waals surface area contributed by atoms with Gasteiger partial charge in [0.25, 0.3) is 5.91 Å².